The second kappa shape index (κ2) is 2.71. The maximum absolute atomic E-state index is 3.17. The quantitative estimate of drug-likeness (QED) is 0.532. The SMILES string of the molecule is [CH3][Ti+2]([CH3])([CH3])([CH3])([CH3])([CH3])[C]1=CC=CC1.[Cl-].[Cl-]. The van der Waals surface area contributed by atoms with Gasteiger partial charge >= 0.3 is 72.6 Å². The average molecular weight is 274 g/mol. The fourth-order valence-electron chi connectivity index (χ4n) is 1.56. The minimum atomic E-state index is -3.17. The first-order chi connectivity index (χ1) is 4.80. The molecule has 0 saturated carbocycles. The van der Waals surface area contributed by atoms with Crippen molar-refractivity contribution < 1.29 is 37.6 Å². The zero-order valence-electron chi connectivity index (χ0n) is 10.2. The van der Waals surface area contributed by atoms with Crippen LogP contribution in [0.1, 0.15) is 6.42 Å². The summed E-state index contributed by atoms with van der Waals surface area (Å²) in [6, 6.07) is 0. The van der Waals surface area contributed by atoms with E-state index in [2.05, 4.69) is 49.6 Å². The topological polar surface area (TPSA) is 0 Å². The van der Waals surface area contributed by atoms with Crippen LogP contribution in [0, 0.1) is 0 Å². The van der Waals surface area contributed by atoms with Gasteiger partial charge in [0, 0.05) is 0 Å². The third-order valence-corrected chi connectivity index (χ3v) is 9.29. The van der Waals surface area contributed by atoms with E-state index in [0.29, 0.717) is 0 Å². The molecular weight excluding hydrogens is 251 g/mol. The molecule has 0 aromatic rings. The number of hydrogen-bond donors (Lipinski definition) is 0. The van der Waals surface area contributed by atoms with Crippen molar-refractivity contribution >= 4 is 0 Å². The van der Waals surface area contributed by atoms with Crippen molar-refractivity contribution in [3.8, 4) is 0 Å². The Kier molecular flexibility index (Phi) is 3.33. The second-order valence-corrected chi connectivity index (χ2v) is 39.4. The van der Waals surface area contributed by atoms with Crippen molar-refractivity contribution in [2.45, 2.75) is 37.8 Å². The van der Waals surface area contributed by atoms with Crippen LogP contribution >= 0.6 is 0 Å². The fourth-order valence-corrected chi connectivity index (χ4v) is 5.37. The summed E-state index contributed by atoms with van der Waals surface area (Å²) in [5, 5.41) is 15.0. The summed E-state index contributed by atoms with van der Waals surface area (Å²) in [5.41, 5.74) is 0. The average Bonchev–Trinajstić information content (AvgIpc) is 1.99. The fraction of sp³-hybridized carbons (Fsp3) is 0.636. The van der Waals surface area contributed by atoms with Crippen molar-refractivity contribution in [3.05, 3.63) is 22.1 Å². The van der Waals surface area contributed by atoms with E-state index >= 15 is 0 Å². The first-order valence-electron chi connectivity index (χ1n) is 4.97. The normalized spacial score (nSPS) is 23.0. The van der Waals surface area contributed by atoms with Crippen molar-refractivity contribution in [1.29, 1.82) is 0 Å². The summed E-state index contributed by atoms with van der Waals surface area (Å²) in [6.07, 6.45) is 7.97. The van der Waals surface area contributed by atoms with E-state index in [4.69, 9.17) is 0 Å². The number of hydrogen-bond acceptors (Lipinski definition) is 0. The Morgan fingerprint density at radius 2 is 1.36 bits per heavy atom. The van der Waals surface area contributed by atoms with Crippen LogP contribution in [-0.4, -0.2) is 0 Å². The Hall–Kier alpha value is 0.774. The number of halogens is 2. The molecule has 1 rings (SSSR count). The minimum Gasteiger partial charge on any atom is -1.00 e. The molecule has 1 aliphatic carbocycles. The van der Waals surface area contributed by atoms with Gasteiger partial charge in [-0.3, -0.25) is 0 Å². The van der Waals surface area contributed by atoms with Gasteiger partial charge in [-0.05, 0) is 0 Å². The molecule has 0 heterocycles. The molecule has 14 heavy (non-hydrogen) atoms. The van der Waals surface area contributed by atoms with Gasteiger partial charge in [0.15, 0.2) is 0 Å². The van der Waals surface area contributed by atoms with Crippen LogP contribution in [0.5, 0.6) is 0 Å². The molecule has 0 bridgehead atoms. The zero-order valence-corrected chi connectivity index (χ0v) is 13.3. The Bertz CT molecular complexity index is 288. The van der Waals surface area contributed by atoms with Crippen LogP contribution < -0.4 is 24.8 Å². The van der Waals surface area contributed by atoms with E-state index in [1.54, 1.807) is 3.88 Å². The molecule has 0 fully saturated rings. The Morgan fingerprint density at radius 3 is 1.50 bits per heavy atom. The van der Waals surface area contributed by atoms with Gasteiger partial charge in [0.05, 0.1) is 0 Å². The van der Waals surface area contributed by atoms with Crippen LogP contribution in [0.4, 0.5) is 0 Å². The standard InChI is InChI=1S/C5H5.6CH3.2ClH.Ti/c1-2-4-5-3-1;;;;;;;;;/h1-3H,4H2;6*1H3;2*1H;/q;;;;;;;;;+2/p-2. The van der Waals surface area contributed by atoms with E-state index in [0.717, 1.165) is 0 Å². The molecule has 0 amide bonds. The Balaban J connectivity index is 0. The van der Waals surface area contributed by atoms with Crippen molar-refractivity contribution in [2.24, 2.45) is 0 Å². The van der Waals surface area contributed by atoms with E-state index in [9.17, 15) is 0 Å². The van der Waals surface area contributed by atoms with Gasteiger partial charge in [-0.25, -0.2) is 0 Å². The molecule has 85 valence electrons. The summed E-state index contributed by atoms with van der Waals surface area (Å²) in [6.45, 7) is 0. The largest absolute Gasteiger partial charge is 1.00 e. The van der Waals surface area contributed by atoms with Gasteiger partial charge in [-0.1, -0.05) is 0 Å². The van der Waals surface area contributed by atoms with Gasteiger partial charge in [-0.15, -0.1) is 0 Å². The molecule has 0 aromatic heterocycles. The molecular formula is C11H23Cl2Ti. The molecule has 0 N–H and O–H groups in total. The number of rotatable bonds is 1. The minimum absolute atomic E-state index is 0. The Labute approximate surface area is 97.0 Å². The molecule has 0 aromatic carbocycles. The van der Waals surface area contributed by atoms with Crippen LogP contribution in [0.3, 0.4) is 0 Å². The first-order valence-corrected chi connectivity index (χ1v) is 15.1. The van der Waals surface area contributed by atoms with E-state index in [1.165, 1.54) is 6.42 Å². The van der Waals surface area contributed by atoms with Gasteiger partial charge in [-0.2, -0.15) is 0 Å². The third-order valence-electron chi connectivity index (χ3n) is 2.70. The molecule has 1 aliphatic rings. The van der Waals surface area contributed by atoms with Crippen LogP contribution in [0.15, 0.2) is 22.1 Å². The smallest absolute Gasteiger partial charge is 1.00 e. The molecule has 0 atom stereocenters. The monoisotopic (exact) mass is 273 g/mol. The molecule has 0 radical (unpaired) electrons. The van der Waals surface area contributed by atoms with Crippen LogP contribution in [0.25, 0.3) is 0 Å². The summed E-state index contributed by atoms with van der Waals surface area (Å²) in [5.74, 6) is 0. The number of allylic oxidation sites excluding steroid dienone is 4. The van der Waals surface area contributed by atoms with Crippen LogP contribution in [-0.2, 0) is 12.7 Å². The third kappa shape index (κ3) is 4.53. The molecule has 0 aliphatic heterocycles. The van der Waals surface area contributed by atoms with E-state index in [-0.39, 0.29) is 24.8 Å². The Morgan fingerprint density at radius 1 is 0.929 bits per heavy atom. The predicted molar refractivity (Wildman–Crippen MR) is 57.0 cm³/mol. The maximum Gasteiger partial charge on any atom is -1.00 e. The van der Waals surface area contributed by atoms with Gasteiger partial charge in [0.2, 0.25) is 0 Å². The second-order valence-electron chi connectivity index (χ2n) is 10.3. The summed E-state index contributed by atoms with van der Waals surface area (Å²) in [4.78, 5) is 0. The molecule has 0 spiro atoms. The van der Waals surface area contributed by atoms with Crippen LogP contribution in [0.2, 0.25) is 31.4 Å². The van der Waals surface area contributed by atoms with Crippen molar-refractivity contribution in [1.82, 2.24) is 0 Å². The molecule has 3 heteroatoms. The first kappa shape index (κ1) is 17.2. The van der Waals surface area contributed by atoms with Crippen molar-refractivity contribution in [2.75, 3.05) is 0 Å². The summed E-state index contributed by atoms with van der Waals surface area (Å²) < 4.78 is 1.67. The van der Waals surface area contributed by atoms with Gasteiger partial charge in [0.1, 0.15) is 0 Å². The van der Waals surface area contributed by atoms with E-state index < -0.39 is 12.7 Å². The summed E-state index contributed by atoms with van der Waals surface area (Å²) >= 11 is -3.17. The molecule has 0 unspecified atom stereocenters. The summed E-state index contributed by atoms with van der Waals surface area (Å²) in [7, 11) is 0. The van der Waals surface area contributed by atoms with Crippen molar-refractivity contribution in [3.63, 3.8) is 0 Å². The predicted octanol–water partition coefficient (Wildman–Crippen LogP) is -1.11. The maximum atomic E-state index is 2.50. The zero-order chi connectivity index (χ0) is 9.78. The van der Waals surface area contributed by atoms with Gasteiger partial charge in [0.25, 0.3) is 0 Å². The molecule has 0 saturated heterocycles. The van der Waals surface area contributed by atoms with E-state index in [1.807, 2.05) is 0 Å². The molecule has 0 nitrogen and oxygen atoms in total. The van der Waals surface area contributed by atoms with Gasteiger partial charge < -0.3 is 24.8 Å².